The van der Waals surface area contributed by atoms with Crippen molar-refractivity contribution < 1.29 is 19.3 Å². The third-order valence-electron chi connectivity index (χ3n) is 2.12. The van der Waals surface area contributed by atoms with Crippen LogP contribution >= 0.6 is 11.6 Å². The van der Waals surface area contributed by atoms with Gasteiger partial charge in [-0.25, -0.2) is 0 Å². The van der Waals surface area contributed by atoms with E-state index >= 15 is 0 Å². The van der Waals surface area contributed by atoms with E-state index in [0.29, 0.717) is 29.4 Å². The van der Waals surface area contributed by atoms with Gasteiger partial charge in [0.05, 0.1) is 20.8 Å². The van der Waals surface area contributed by atoms with Gasteiger partial charge in [-0.3, -0.25) is 0 Å². The molecule has 94 valence electrons. The maximum absolute atomic E-state index is 9.10. The van der Waals surface area contributed by atoms with E-state index in [1.54, 1.807) is 18.2 Å². The van der Waals surface area contributed by atoms with Crippen LogP contribution in [0.3, 0.4) is 0 Å². The van der Waals surface area contributed by atoms with Crippen LogP contribution in [-0.4, -0.2) is 25.9 Å². The lowest BCUT2D eigenvalue weighted by Gasteiger charge is -2.14. The lowest BCUT2D eigenvalue weighted by Crippen LogP contribution is -2.00. The molecule has 0 aliphatic heterocycles. The Bertz CT molecular complexity index is 365. The van der Waals surface area contributed by atoms with Gasteiger partial charge in [-0.15, -0.1) is 0 Å². The number of methoxy groups -OCH3 is 2. The van der Waals surface area contributed by atoms with E-state index in [1.165, 1.54) is 19.8 Å². The Morgan fingerprint density at radius 1 is 1.24 bits per heavy atom. The van der Waals surface area contributed by atoms with Gasteiger partial charge < -0.3 is 19.3 Å². The van der Waals surface area contributed by atoms with Crippen LogP contribution in [0, 0.1) is 0 Å². The first kappa shape index (κ1) is 13.7. The summed E-state index contributed by atoms with van der Waals surface area (Å²) in [5.41, 5.74) is 2.07. The van der Waals surface area contributed by atoms with E-state index in [2.05, 4.69) is 0 Å². The highest BCUT2D eigenvalue weighted by molar-refractivity contribution is 6.25. The van der Waals surface area contributed by atoms with Gasteiger partial charge in [-0.05, 0) is 23.8 Å². The van der Waals surface area contributed by atoms with Gasteiger partial charge in [0.25, 0.3) is 0 Å². The molecule has 0 aromatic heterocycles. The van der Waals surface area contributed by atoms with Gasteiger partial charge >= 0.3 is 0 Å². The maximum Gasteiger partial charge on any atom is 0.203 e. The van der Waals surface area contributed by atoms with Crippen molar-refractivity contribution in [3.05, 3.63) is 29.3 Å². The summed E-state index contributed by atoms with van der Waals surface area (Å²) >= 11 is 5.41. The fraction of sp³-hybridized carbons (Fsp3) is 0.333. The fourth-order valence-corrected chi connectivity index (χ4v) is 1.41. The second kappa shape index (κ2) is 7.04. The number of hydrogen-bond donors (Lipinski definition) is 1. The Labute approximate surface area is 105 Å². The molecular weight excluding hydrogens is 244 g/mol. The average molecular weight is 259 g/mol. The first-order valence-corrected chi connectivity index (χ1v) is 5.44. The van der Waals surface area contributed by atoms with Gasteiger partial charge in [-0.2, -0.15) is 0 Å². The summed E-state index contributed by atoms with van der Waals surface area (Å²) in [6, 6.07) is 3.39. The minimum absolute atomic E-state index is 0.0887. The van der Waals surface area contributed by atoms with Gasteiger partial charge in [0.15, 0.2) is 11.5 Å². The fourth-order valence-electron chi connectivity index (χ4n) is 1.34. The van der Waals surface area contributed by atoms with Gasteiger partial charge in [0.1, 0.15) is 6.61 Å². The molecule has 4 nitrogen and oxygen atoms in total. The molecule has 0 amide bonds. The lowest BCUT2D eigenvalue weighted by atomic mass is 10.2. The molecular formula is C12H15ClO4. The van der Waals surface area contributed by atoms with Crippen LogP contribution in [0.1, 0.15) is 5.56 Å². The van der Waals surface area contributed by atoms with Crippen molar-refractivity contribution in [1.82, 2.24) is 0 Å². The molecule has 0 unspecified atom stereocenters. The Morgan fingerprint density at radius 2 is 1.82 bits per heavy atom. The molecule has 0 bridgehead atoms. The second-order valence-corrected chi connectivity index (χ2v) is 3.41. The molecule has 0 saturated heterocycles. The summed E-state index contributed by atoms with van der Waals surface area (Å²) in [6.07, 6.45) is 1.65. The van der Waals surface area contributed by atoms with Crippen molar-refractivity contribution >= 4 is 11.6 Å². The summed E-state index contributed by atoms with van der Waals surface area (Å²) < 4.78 is 15.9. The highest BCUT2D eigenvalue weighted by atomic mass is 35.5. The zero-order valence-electron chi connectivity index (χ0n) is 9.77. The second-order valence-electron chi connectivity index (χ2n) is 3.16. The van der Waals surface area contributed by atoms with Gasteiger partial charge in [0, 0.05) is 5.54 Å². The quantitative estimate of drug-likeness (QED) is 0.851. The van der Waals surface area contributed by atoms with E-state index in [1.807, 2.05) is 0 Å². The first-order valence-electron chi connectivity index (χ1n) is 5.00. The number of aliphatic hydroxyl groups is 1. The molecule has 0 atom stereocenters. The van der Waals surface area contributed by atoms with Crippen molar-refractivity contribution in [3.8, 4) is 17.2 Å². The minimum atomic E-state index is -0.0887. The molecule has 0 radical (unpaired) electrons. The van der Waals surface area contributed by atoms with Crippen LogP contribution in [0.15, 0.2) is 23.7 Å². The normalized spacial score (nSPS) is 10.6. The first-order chi connectivity index (χ1) is 8.26. The summed E-state index contributed by atoms with van der Waals surface area (Å²) in [5, 5.41) is 9.10. The Balaban J connectivity index is 3.06. The van der Waals surface area contributed by atoms with E-state index in [-0.39, 0.29) is 6.61 Å². The van der Waals surface area contributed by atoms with Crippen molar-refractivity contribution in [2.75, 3.05) is 20.8 Å². The molecule has 1 aromatic carbocycles. The number of benzene rings is 1. The SMILES string of the molecule is COc1cc(CO)cc(OC)c1OC/C=C/Cl. The number of ether oxygens (including phenoxy) is 3. The molecule has 17 heavy (non-hydrogen) atoms. The zero-order chi connectivity index (χ0) is 12.7. The third kappa shape index (κ3) is 3.54. The molecule has 1 rings (SSSR count). The van der Waals surface area contributed by atoms with Crippen LogP contribution in [0.2, 0.25) is 0 Å². The standard InChI is InChI=1S/C12H15ClO4/c1-15-10-6-9(8-14)7-11(16-2)12(10)17-5-3-4-13/h3-4,6-7,14H,5,8H2,1-2H3/b4-3+. The average Bonchev–Trinajstić information content (AvgIpc) is 2.38. The molecule has 0 aliphatic carbocycles. The van der Waals surface area contributed by atoms with Crippen LogP contribution in [-0.2, 0) is 6.61 Å². The zero-order valence-corrected chi connectivity index (χ0v) is 10.5. The number of halogens is 1. The van der Waals surface area contributed by atoms with Crippen LogP contribution in [0.25, 0.3) is 0 Å². The summed E-state index contributed by atoms with van der Waals surface area (Å²) in [5.74, 6) is 1.51. The van der Waals surface area contributed by atoms with E-state index in [4.69, 9.17) is 30.9 Å². The molecule has 0 heterocycles. The predicted molar refractivity (Wildman–Crippen MR) is 66.0 cm³/mol. The van der Waals surface area contributed by atoms with Gasteiger partial charge in [-0.1, -0.05) is 11.6 Å². The largest absolute Gasteiger partial charge is 0.493 e. The number of aliphatic hydroxyl groups excluding tert-OH is 1. The summed E-state index contributed by atoms with van der Waals surface area (Å²) in [4.78, 5) is 0. The molecule has 0 spiro atoms. The lowest BCUT2D eigenvalue weighted by molar-refractivity contribution is 0.275. The molecule has 1 N–H and O–H groups in total. The molecule has 0 fully saturated rings. The van der Waals surface area contributed by atoms with E-state index in [0.717, 1.165) is 0 Å². The molecule has 1 aromatic rings. The van der Waals surface area contributed by atoms with E-state index < -0.39 is 0 Å². The van der Waals surface area contributed by atoms with Crippen molar-refractivity contribution in [3.63, 3.8) is 0 Å². The molecule has 0 saturated carbocycles. The number of rotatable bonds is 6. The van der Waals surface area contributed by atoms with Crippen molar-refractivity contribution in [1.29, 1.82) is 0 Å². The summed E-state index contributed by atoms with van der Waals surface area (Å²) in [7, 11) is 3.06. The highest BCUT2D eigenvalue weighted by Gasteiger charge is 2.13. The third-order valence-corrected chi connectivity index (χ3v) is 2.29. The smallest absolute Gasteiger partial charge is 0.203 e. The minimum Gasteiger partial charge on any atom is -0.493 e. The van der Waals surface area contributed by atoms with Crippen molar-refractivity contribution in [2.45, 2.75) is 6.61 Å². The van der Waals surface area contributed by atoms with Crippen LogP contribution in [0.5, 0.6) is 17.2 Å². The Kier molecular flexibility index (Phi) is 5.66. The Morgan fingerprint density at radius 3 is 2.24 bits per heavy atom. The molecule has 5 heteroatoms. The Hall–Kier alpha value is -1.39. The van der Waals surface area contributed by atoms with Crippen LogP contribution < -0.4 is 14.2 Å². The number of hydrogen-bond acceptors (Lipinski definition) is 4. The van der Waals surface area contributed by atoms with Gasteiger partial charge in [0.2, 0.25) is 5.75 Å². The summed E-state index contributed by atoms with van der Waals surface area (Å²) in [6.45, 7) is 0.225. The maximum atomic E-state index is 9.10. The topological polar surface area (TPSA) is 47.9 Å². The van der Waals surface area contributed by atoms with E-state index in [9.17, 15) is 0 Å². The highest BCUT2D eigenvalue weighted by Crippen LogP contribution is 2.38. The monoisotopic (exact) mass is 258 g/mol. The van der Waals surface area contributed by atoms with Crippen molar-refractivity contribution in [2.24, 2.45) is 0 Å². The predicted octanol–water partition coefficient (Wildman–Crippen LogP) is 2.33. The molecule has 0 aliphatic rings. The van der Waals surface area contributed by atoms with Crippen LogP contribution in [0.4, 0.5) is 0 Å².